The van der Waals surface area contributed by atoms with Crippen molar-refractivity contribution in [2.45, 2.75) is 19.3 Å². The summed E-state index contributed by atoms with van der Waals surface area (Å²) in [6.45, 7) is 0. The molecule has 1 rings (SSSR count). The fourth-order valence-electron chi connectivity index (χ4n) is 1.19. The number of alkyl halides is 1. The molecule has 4 heteroatoms. The van der Waals surface area contributed by atoms with Crippen molar-refractivity contribution in [1.82, 2.24) is 0 Å². The molecule has 0 saturated carbocycles. The third-order valence-electron chi connectivity index (χ3n) is 1.95. The molecule has 78 valence electrons. The van der Waals surface area contributed by atoms with Crippen LogP contribution in [-0.4, -0.2) is 5.88 Å². The lowest BCUT2D eigenvalue weighted by molar-refractivity contribution is 0.545. The topological polar surface area (TPSA) is 0 Å². The summed E-state index contributed by atoms with van der Waals surface area (Å²) in [6.07, 6.45) is 1.87. The number of hydrogen-bond acceptors (Lipinski definition) is 0. The van der Waals surface area contributed by atoms with E-state index in [0.717, 1.165) is 6.42 Å². The molecule has 0 bridgehead atoms. The van der Waals surface area contributed by atoms with Gasteiger partial charge in [0.05, 0.1) is 4.47 Å². The lowest BCUT2D eigenvalue weighted by Gasteiger charge is -2.05. The molecule has 0 aliphatic heterocycles. The van der Waals surface area contributed by atoms with Crippen molar-refractivity contribution in [3.8, 4) is 0 Å². The van der Waals surface area contributed by atoms with Crippen molar-refractivity contribution in [1.29, 1.82) is 0 Å². The maximum absolute atomic E-state index is 13.4. The lowest BCUT2D eigenvalue weighted by Crippen LogP contribution is -1.97. The number of rotatable bonds is 4. The van der Waals surface area contributed by atoms with Gasteiger partial charge in [0.1, 0.15) is 11.6 Å². The second-order valence-corrected chi connectivity index (χ2v) is 4.20. The Morgan fingerprint density at radius 1 is 1.21 bits per heavy atom. The normalized spacial score (nSPS) is 10.6. The average Bonchev–Trinajstić information content (AvgIpc) is 2.18. The Balaban J connectivity index is 2.79. The molecule has 0 spiro atoms. The van der Waals surface area contributed by atoms with Crippen molar-refractivity contribution in [2.24, 2.45) is 0 Å². The fourth-order valence-corrected chi connectivity index (χ4v) is 1.75. The van der Waals surface area contributed by atoms with Crippen LogP contribution >= 0.6 is 27.5 Å². The minimum atomic E-state index is -0.500. The van der Waals surface area contributed by atoms with Crippen LogP contribution in [0, 0.1) is 11.6 Å². The molecule has 0 fully saturated rings. The molecular formula is C10H10BrClF2. The first-order valence-corrected chi connectivity index (χ1v) is 5.68. The largest absolute Gasteiger partial charge is 0.207 e. The van der Waals surface area contributed by atoms with Crippen LogP contribution in [0.1, 0.15) is 18.4 Å². The third kappa shape index (κ3) is 2.92. The summed E-state index contributed by atoms with van der Waals surface area (Å²) in [7, 11) is 0. The molecule has 0 aromatic heterocycles. The van der Waals surface area contributed by atoms with Crippen LogP contribution < -0.4 is 0 Å². The Morgan fingerprint density at radius 2 is 1.93 bits per heavy atom. The van der Waals surface area contributed by atoms with Gasteiger partial charge in [-0.3, -0.25) is 0 Å². The Kier molecular flexibility index (Phi) is 4.82. The molecule has 1 aromatic carbocycles. The predicted molar refractivity (Wildman–Crippen MR) is 57.7 cm³/mol. The van der Waals surface area contributed by atoms with Crippen molar-refractivity contribution in [3.05, 3.63) is 33.8 Å². The highest BCUT2D eigenvalue weighted by atomic mass is 79.9. The van der Waals surface area contributed by atoms with Crippen LogP contribution in [0.5, 0.6) is 0 Å². The maximum Gasteiger partial charge on any atom is 0.143 e. The first-order chi connectivity index (χ1) is 6.66. The van der Waals surface area contributed by atoms with Crippen molar-refractivity contribution < 1.29 is 8.78 Å². The van der Waals surface area contributed by atoms with E-state index in [2.05, 4.69) is 15.9 Å². The summed E-state index contributed by atoms with van der Waals surface area (Å²) >= 11 is 8.50. The second kappa shape index (κ2) is 5.66. The summed E-state index contributed by atoms with van der Waals surface area (Å²) < 4.78 is 26.8. The lowest BCUT2D eigenvalue weighted by atomic mass is 10.1. The van der Waals surface area contributed by atoms with Crippen molar-refractivity contribution in [3.63, 3.8) is 0 Å². The fraction of sp³-hybridized carbons (Fsp3) is 0.400. The molecule has 0 heterocycles. The van der Waals surface area contributed by atoms with Crippen LogP contribution in [0.25, 0.3) is 0 Å². The van der Waals surface area contributed by atoms with Gasteiger partial charge in [-0.2, -0.15) is 0 Å². The van der Waals surface area contributed by atoms with E-state index in [1.165, 1.54) is 12.1 Å². The number of halogens is 4. The maximum atomic E-state index is 13.4. The van der Waals surface area contributed by atoms with Crippen LogP contribution in [-0.2, 0) is 6.42 Å². The van der Waals surface area contributed by atoms with Gasteiger partial charge in [-0.05, 0) is 47.3 Å². The van der Waals surface area contributed by atoms with Gasteiger partial charge in [0.2, 0.25) is 0 Å². The first-order valence-electron chi connectivity index (χ1n) is 4.35. The molecule has 0 radical (unpaired) electrons. The van der Waals surface area contributed by atoms with Gasteiger partial charge < -0.3 is 0 Å². The molecule has 0 N–H and O–H groups in total. The standard InChI is InChI=1S/C10H10BrClF2/c11-8-4-5-9(13)7(10(8)14)3-1-2-6-12/h4-5H,1-3,6H2. The Bertz CT molecular complexity index is 315. The van der Waals surface area contributed by atoms with Crippen LogP contribution in [0.2, 0.25) is 0 Å². The molecule has 0 saturated heterocycles. The third-order valence-corrected chi connectivity index (χ3v) is 2.83. The Morgan fingerprint density at radius 3 is 2.57 bits per heavy atom. The van der Waals surface area contributed by atoms with E-state index in [-0.39, 0.29) is 5.56 Å². The molecule has 0 aliphatic carbocycles. The number of hydrogen-bond donors (Lipinski definition) is 0. The van der Waals surface area contributed by atoms with E-state index >= 15 is 0 Å². The van der Waals surface area contributed by atoms with Crippen molar-refractivity contribution in [2.75, 3.05) is 5.88 Å². The van der Waals surface area contributed by atoms with E-state index < -0.39 is 11.6 Å². The van der Waals surface area contributed by atoms with Crippen LogP contribution in [0.4, 0.5) is 8.78 Å². The highest BCUT2D eigenvalue weighted by molar-refractivity contribution is 9.10. The van der Waals surface area contributed by atoms with Gasteiger partial charge in [-0.15, -0.1) is 11.6 Å². The first kappa shape index (κ1) is 11.9. The summed E-state index contributed by atoms with van der Waals surface area (Å²) in [5.74, 6) is -0.461. The van der Waals surface area contributed by atoms with Crippen LogP contribution in [0.3, 0.4) is 0 Å². The van der Waals surface area contributed by atoms with Crippen LogP contribution in [0.15, 0.2) is 16.6 Å². The molecule has 14 heavy (non-hydrogen) atoms. The summed E-state index contributed by atoms with van der Waals surface area (Å²) in [6, 6.07) is 2.64. The number of benzene rings is 1. The van der Waals surface area contributed by atoms with E-state index in [1.807, 2.05) is 0 Å². The van der Waals surface area contributed by atoms with E-state index in [4.69, 9.17) is 11.6 Å². The molecule has 1 aromatic rings. The monoisotopic (exact) mass is 282 g/mol. The highest BCUT2D eigenvalue weighted by Gasteiger charge is 2.11. The zero-order chi connectivity index (χ0) is 10.6. The summed E-state index contributed by atoms with van der Waals surface area (Å²) in [5, 5.41) is 0. The van der Waals surface area contributed by atoms with E-state index in [9.17, 15) is 8.78 Å². The van der Waals surface area contributed by atoms with Gasteiger partial charge >= 0.3 is 0 Å². The smallest absolute Gasteiger partial charge is 0.143 e. The molecule has 0 nitrogen and oxygen atoms in total. The summed E-state index contributed by atoms with van der Waals surface area (Å²) in [5.41, 5.74) is 0.143. The van der Waals surface area contributed by atoms with E-state index in [0.29, 0.717) is 23.2 Å². The Hall–Kier alpha value is -0.150. The van der Waals surface area contributed by atoms with Gasteiger partial charge in [0.15, 0.2) is 0 Å². The Labute approximate surface area is 95.4 Å². The zero-order valence-corrected chi connectivity index (χ0v) is 9.84. The second-order valence-electron chi connectivity index (χ2n) is 2.97. The van der Waals surface area contributed by atoms with Crippen molar-refractivity contribution >= 4 is 27.5 Å². The molecule has 0 atom stereocenters. The molecule has 0 amide bonds. The van der Waals surface area contributed by atoms with Gasteiger partial charge in [0, 0.05) is 11.4 Å². The zero-order valence-electron chi connectivity index (χ0n) is 7.49. The molecular weight excluding hydrogens is 273 g/mol. The average molecular weight is 284 g/mol. The van der Waals surface area contributed by atoms with E-state index in [1.54, 1.807) is 0 Å². The summed E-state index contributed by atoms with van der Waals surface area (Å²) in [4.78, 5) is 0. The van der Waals surface area contributed by atoms with Gasteiger partial charge in [-0.1, -0.05) is 0 Å². The SMILES string of the molecule is Fc1ccc(Br)c(F)c1CCCCCl. The van der Waals surface area contributed by atoms with Gasteiger partial charge in [0.25, 0.3) is 0 Å². The highest BCUT2D eigenvalue weighted by Crippen LogP contribution is 2.22. The minimum Gasteiger partial charge on any atom is -0.207 e. The van der Waals surface area contributed by atoms with Gasteiger partial charge in [-0.25, -0.2) is 8.78 Å². The quantitative estimate of drug-likeness (QED) is 0.439. The number of unbranched alkanes of at least 4 members (excludes halogenated alkanes) is 1. The minimum absolute atomic E-state index is 0.143. The molecule has 0 unspecified atom stereocenters. The molecule has 0 aliphatic rings. The predicted octanol–water partition coefficient (Wildman–Crippen LogP) is 4.29.